The van der Waals surface area contributed by atoms with Gasteiger partial charge in [-0.25, -0.2) is 5.43 Å². The molecule has 1 aromatic heterocycles. The summed E-state index contributed by atoms with van der Waals surface area (Å²) < 4.78 is 12.2. The second-order valence-electron chi connectivity index (χ2n) is 7.22. The van der Waals surface area contributed by atoms with E-state index in [0.29, 0.717) is 22.3 Å². The van der Waals surface area contributed by atoms with E-state index in [0.717, 1.165) is 17.0 Å². The van der Waals surface area contributed by atoms with E-state index in [1.807, 2.05) is 59.2 Å². The van der Waals surface area contributed by atoms with Gasteiger partial charge in [0.1, 0.15) is 5.75 Å². The Kier molecular flexibility index (Phi) is 7.63. The quantitative estimate of drug-likeness (QED) is 0.208. The van der Waals surface area contributed by atoms with Crippen molar-refractivity contribution in [1.82, 2.24) is 20.2 Å². The number of hydrogen-bond donors (Lipinski definition) is 2. The highest BCUT2D eigenvalue weighted by atomic mass is 32.2. The van der Waals surface area contributed by atoms with Crippen molar-refractivity contribution in [2.75, 3.05) is 20.0 Å². The van der Waals surface area contributed by atoms with Crippen LogP contribution < -0.4 is 14.9 Å². The molecule has 35 heavy (non-hydrogen) atoms. The van der Waals surface area contributed by atoms with Gasteiger partial charge in [-0.1, -0.05) is 30.0 Å². The van der Waals surface area contributed by atoms with E-state index in [9.17, 15) is 9.90 Å². The van der Waals surface area contributed by atoms with Gasteiger partial charge in [0, 0.05) is 11.3 Å². The number of carbonyl (C=O) groups is 1. The number of rotatable bonds is 9. The Morgan fingerprint density at radius 1 is 1.06 bits per heavy atom. The molecule has 0 spiro atoms. The Labute approximate surface area is 206 Å². The van der Waals surface area contributed by atoms with Gasteiger partial charge in [0.05, 0.1) is 26.2 Å². The third kappa shape index (κ3) is 5.79. The monoisotopic (exact) mass is 489 g/mol. The topological polar surface area (TPSA) is 111 Å². The standard InChI is InChI=1S/C25H23N5O4S/c1-33-20-11-9-18(10-12-20)24-28-29-25(30(24)19-6-4-3-5-7-19)35-16-23(32)27-26-15-17-8-13-21(31)22(14-17)34-2/h3-15,31H,16H2,1-2H3,(H,27,32). The molecule has 0 bridgehead atoms. The number of phenols is 1. The van der Waals surface area contributed by atoms with Gasteiger partial charge in [-0.05, 0) is 60.2 Å². The summed E-state index contributed by atoms with van der Waals surface area (Å²) in [6, 6.07) is 22.0. The fraction of sp³-hybridized carbons (Fsp3) is 0.120. The fourth-order valence-corrected chi connectivity index (χ4v) is 3.96. The number of carbonyl (C=O) groups excluding carboxylic acids is 1. The molecule has 0 fully saturated rings. The van der Waals surface area contributed by atoms with E-state index in [-0.39, 0.29) is 17.4 Å². The van der Waals surface area contributed by atoms with Gasteiger partial charge in [0.15, 0.2) is 22.5 Å². The zero-order valence-corrected chi connectivity index (χ0v) is 19.9. The Bertz CT molecular complexity index is 1320. The predicted molar refractivity (Wildman–Crippen MR) is 134 cm³/mol. The number of aromatic hydroxyl groups is 1. The Hall–Kier alpha value is -4.31. The first-order chi connectivity index (χ1) is 17.1. The number of hydrazone groups is 1. The van der Waals surface area contributed by atoms with E-state index in [2.05, 4.69) is 20.7 Å². The normalized spacial score (nSPS) is 10.9. The third-order valence-electron chi connectivity index (χ3n) is 4.93. The number of methoxy groups -OCH3 is 2. The van der Waals surface area contributed by atoms with Crippen molar-refractivity contribution in [2.45, 2.75) is 5.16 Å². The lowest BCUT2D eigenvalue weighted by Crippen LogP contribution is -2.20. The maximum atomic E-state index is 12.4. The number of nitrogens with zero attached hydrogens (tertiary/aromatic N) is 4. The zero-order valence-electron chi connectivity index (χ0n) is 19.1. The van der Waals surface area contributed by atoms with Crippen LogP contribution in [-0.4, -0.2) is 52.0 Å². The lowest BCUT2D eigenvalue weighted by Gasteiger charge is -2.10. The smallest absolute Gasteiger partial charge is 0.250 e. The van der Waals surface area contributed by atoms with Gasteiger partial charge >= 0.3 is 0 Å². The van der Waals surface area contributed by atoms with Crippen LogP contribution in [-0.2, 0) is 4.79 Å². The summed E-state index contributed by atoms with van der Waals surface area (Å²) in [7, 11) is 3.08. The van der Waals surface area contributed by atoms with E-state index in [1.54, 1.807) is 19.2 Å². The van der Waals surface area contributed by atoms with Gasteiger partial charge in [0.2, 0.25) is 0 Å². The largest absolute Gasteiger partial charge is 0.504 e. The number of nitrogens with one attached hydrogen (secondary N) is 1. The summed E-state index contributed by atoms with van der Waals surface area (Å²) in [5, 5.41) is 22.9. The van der Waals surface area contributed by atoms with Gasteiger partial charge < -0.3 is 14.6 Å². The first-order valence-corrected chi connectivity index (χ1v) is 11.5. The number of phenolic OH excluding ortho intramolecular Hbond substituents is 1. The second kappa shape index (κ2) is 11.2. The zero-order chi connectivity index (χ0) is 24.6. The van der Waals surface area contributed by atoms with Crippen LogP contribution in [0, 0.1) is 0 Å². The van der Waals surface area contributed by atoms with Crippen molar-refractivity contribution >= 4 is 23.9 Å². The molecule has 2 N–H and O–H groups in total. The van der Waals surface area contributed by atoms with Gasteiger partial charge in [-0.2, -0.15) is 5.10 Å². The first-order valence-electron chi connectivity index (χ1n) is 10.6. The van der Waals surface area contributed by atoms with E-state index >= 15 is 0 Å². The fourth-order valence-electron chi connectivity index (χ4n) is 3.22. The highest BCUT2D eigenvalue weighted by molar-refractivity contribution is 7.99. The molecule has 0 aliphatic carbocycles. The maximum absolute atomic E-state index is 12.4. The Morgan fingerprint density at radius 3 is 2.54 bits per heavy atom. The Balaban J connectivity index is 1.48. The first kappa shape index (κ1) is 23.8. The number of ether oxygens (including phenoxy) is 2. The molecule has 0 radical (unpaired) electrons. The molecule has 0 unspecified atom stereocenters. The molecule has 0 aliphatic rings. The number of amides is 1. The minimum atomic E-state index is -0.300. The summed E-state index contributed by atoms with van der Waals surface area (Å²) >= 11 is 1.25. The number of aromatic nitrogens is 3. The molecule has 9 nitrogen and oxygen atoms in total. The molecular weight excluding hydrogens is 466 g/mol. The molecule has 4 rings (SSSR count). The van der Waals surface area contributed by atoms with Crippen molar-refractivity contribution in [3.63, 3.8) is 0 Å². The van der Waals surface area contributed by atoms with Crippen LogP contribution in [0.4, 0.5) is 0 Å². The molecular formula is C25H23N5O4S. The molecule has 178 valence electrons. The summed E-state index contributed by atoms with van der Waals surface area (Å²) in [6.07, 6.45) is 1.47. The van der Waals surface area contributed by atoms with Crippen LogP contribution in [0.5, 0.6) is 17.2 Å². The lowest BCUT2D eigenvalue weighted by atomic mass is 10.2. The molecule has 0 saturated heterocycles. The lowest BCUT2D eigenvalue weighted by molar-refractivity contribution is -0.118. The summed E-state index contributed by atoms with van der Waals surface area (Å²) in [5.41, 5.74) is 4.91. The van der Waals surface area contributed by atoms with Crippen molar-refractivity contribution in [2.24, 2.45) is 5.10 Å². The van der Waals surface area contributed by atoms with Crippen molar-refractivity contribution < 1.29 is 19.4 Å². The molecule has 0 atom stereocenters. The summed E-state index contributed by atoms with van der Waals surface area (Å²) in [5.74, 6) is 1.54. The highest BCUT2D eigenvalue weighted by Crippen LogP contribution is 2.29. The summed E-state index contributed by atoms with van der Waals surface area (Å²) in [6.45, 7) is 0. The highest BCUT2D eigenvalue weighted by Gasteiger charge is 2.17. The van der Waals surface area contributed by atoms with Crippen LogP contribution >= 0.6 is 11.8 Å². The van der Waals surface area contributed by atoms with Crippen LogP contribution in [0.25, 0.3) is 17.1 Å². The predicted octanol–water partition coefficient (Wildman–Crippen LogP) is 3.90. The van der Waals surface area contributed by atoms with Crippen LogP contribution in [0.1, 0.15) is 5.56 Å². The molecule has 1 amide bonds. The number of thioether (sulfide) groups is 1. The van der Waals surface area contributed by atoms with Gasteiger partial charge in [-0.15, -0.1) is 10.2 Å². The van der Waals surface area contributed by atoms with Crippen LogP contribution in [0.2, 0.25) is 0 Å². The molecule has 0 aliphatic heterocycles. The summed E-state index contributed by atoms with van der Waals surface area (Å²) in [4.78, 5) is 12.4. The number of hydrogen-bond acceptors (Lipinski definition) is 8. The minimum absolute atomic E-state index is 0.0293. The molecule has 10 heteroatoms. The van der Waals surface area contributed by atoms with Crippen molar-refractivity contribution in [1.29, 1.82) is 0 Å². The van der Waals surface area contributed by atoms with Crippen molar-refractivity contribution in [3.8, 4) is 34.3 Å². The number of benzene rings is 3. The minimum Gasteiger partial charge on any atom is -0.504 e. The van der Waals surface area contributed by atoms with E-state index in [1.165, 1.54) is 31.2 Å². The van der Waals surface area contributed by atoms with Crippen LogP contribution in [0.3, 0.4) is 0 Å². The van der Waals surface area contributed by atoms with Crippen molar-refractivity contribution in [3.05, 3.63) is 78.4 Å². The van der Waals surface area contributed by atoms with E-state index < -0.39 is 0 Å². The van der Waals surface area contributed by atoms with Gasteiger partial charge in [0.25, 0.3) is 5.91 Å². The Morgan fingerprint density at radius 2 is 1.83 bits per heavy atom. The average molecular weight is 490 g/mol. The molecule has 3 aromatic carbocycles. The van der Waals surface area contributed by atoms with E-state index in [4.69, 9.17) is 9.47 Å². The molecule has 1 heterocycles. The third-order valence-corrected chi connectivity index (χ3v) is 5.86. The van der Waals surface area contributed by atoms with Crippen LogP contribution in [0.15, 0.2) is 83.1 Å². The second-order valence-corrected chi connectivity index (χ2v) is 8.16. The average Bonchev–Trinajstić information content (AvgIpc) is 3.33. The number of para-hydroxylation sites is 1. The molecule has 4 aromatic rings. The maximum Gasteiger partial charge on any atom is 0.250 e. The SMILES string of the molecule is COc1ccc(-c2nnc(SCC(=O)NN=Cc3ccc(O)c(OC)c3)n2-c2ccccc2)cc1. The van der Waals surface area contributed by atoms with Gasteiger partial charge in [-0.3, -0.25) is 9.36 Å². The molecule has 0 saturated carbocycles.